The summed E-state index contributed by atoms with van der Waals surface area (Å²) in [5.41, 5.74) is 7.05. The van der Waals surface area contributed by atoms with Crippen LogP contribution in [0.2, 0.25) is 0 Å². The second-order valence-corrected chi connectivity index (χ2v) is 5.96. The SMILES string of the molecule is COc1ccc([C@H](C)N)c(OCCC2CCCCN2C)c1. The molecule has 1 unspecified atom stereocenters. The summed E-state index contributed by atoms with van der Waals surface area (Å²) in [6.45, 7) is 3.90. The van der Waals surface area contributed by atoms with Gasteiger partial charge in [-0.1, -0.05) is 12.5 Å². The molecule has 2 atom stereocenters. The van der Waals surface area contributed by atoms with E-state index in [0.717, 1.165) is 30.1 Å². The van der Waals surface area contributed by atoms with Crippen LogP contribution < -0.4 is 15.2 Å². The van der Waals surface area contributed by atoms with E-state index in [-0.39, 0.29) is 6.04 Å². The molecule has 0 bridgehead atoms. The normalized spacial score (nSPS) is 21.0. The van der Waals surface area contributed by atoms with Gasteiger partial charge in [0, 0.05) is 23.7 Å². The highest BCUT2D eigenvalue weighted by molar-refractivity contribution is 5.42. The Labute approximate surface area is 128 Å². The second-order valence-electron chi connectivity index (χ2n) is 5.96. The fourth-order valence-corrected chi connectivity index (χ4v) is 2.96. The zero-order valence-corrected chi connectivity index (χ0v) is 13.5. The van der Waals surface area contributed by atoms with Gasteiger partial charge < -0.3 is 20.1 Å². The molecule has 1 fully saturated rings. The molecule has 0 amide bonds. The third-order valence-corrected chi connectivity index (χ3v) is 4.34. The van der Waals surface area contributed by atoms with E-state index in [9.17, 15) is 0 Å². The van der Waals surface area contributed by atoms with E-state index in [0.29, 0.717) is 6.04 Å². The van der Waals surface area contributed by atoms with Gasteiger partial charge in [-0.2, -0.15) is 0 Å². The number of methoxy groups -OCH3 is 1. The molecule has 0 saturated carbocycles. The molecule has 2 N–H and O–H groups in total. The Kier molecular flexibility index (Phi) is 5.88. The predicted molar refractivity (Wildman–Crippen MR) is 86.0 cm³/mol. The van der Waals surface area contributed by atoms with Gasteiger partial charge in [0.2, 0.25) is 0 Å². The highest BCUT2D eigenvalue weighted by atomic mass is 16.5. The lowest BCUT2D eigenvalue weighted by atomic mass is 10.0. The molecule has 1 saturated heterocycles. The minimum absolute atomic E-state index is 0.0386. The van der Waals surface area contributed by atoms with Crippen molar-refractivity contribution in [3.05, 3.63) is 23.8 Å². The van der Waals surface area contributed by atoms with Crippen LogP contribution in [0.4, 0.5) is 0 Å². The van der Waals surface area contributed by atoms with Gasteiger partial charge in [0.25, 0.3) is 0 Å². The summed E-state index contributed by atoms with van der Waals surface area (Å²) in [6.07, 6.45) is 4.99. The second kappa shape index (κ2) is 7.66. The van der Waals surface area contributed by atoms with Gasteiger partial charge in [-0.3, -0.25) is 0 Å². The van der Waals surface area contributed by atoms with Crippen LogP contribution in [0.15, 0.2) is 18.2 Å². The van der Waals surface area contributed by atoms with Crippen molar-refractivity contribution >= 4 is 0 Å². The monoisotopic (exact) mass is 292 g/mol. The number of nitrogens with zero attached hydrogens (tertiary/aromatic N) is 1. The molecule has 0 aromatic heterocycles. The van der Waals surface area contributed by atoms with Gasteiger partial charge in [0.05, 0.1) is 13.7 Å². The Hall–Kier alpha value is -1.26. The predicted octanol–water partition coefficient (Wildman–Crippen LogP) is 2.97. The van der Waals surface area contributed by atoms with Gasteiger partial charge >= 0.3 is 0 Å². The maximum atomic E-state index is 6.01. The fourth-order valence-electron chi connectivity index (χ4n) is 2.96. The van der Waals surface area contributed by atoms with Crippen LogP contribution in [0, 0.1) is 0 Å². The van der Waals surface area contributed by atoms with Crippen molar-refractivity contribution in [2.24, 2.45) is 5.73 Å². The van der Waals surface area contributed by atoms with Crippen LogP contribution in [0.5, 0.6) is 11.5 Å². The summed E-state index contributed by atoms with van der Waals surface area (Å²) >= 11 is 0. The lowest BCUT2D eigenvalue weighted by Crippen LogP contribution is -2.37. The Balaban J connectivity index is 1.95. The summed E-state index contributed by atoms with van der Waals surface area (Å²) in [5.74, 6) is 1.66. The summed E-state index contributed by atoms with van der Waals surface area (Å²) in [5, 5.41) is 0. The van der Waals surface area contributed by atoms with Crippen LogP contribution in [-0.4, -0.2) is 38.3 Å². The van der Waals surface area contributed by atoms with Gasteiger partial charge in [-0.25, -0.2) is 0 Å². The maximum absolute atomic E-state index is 6.01. The fraction of sp³-hybridized carbons (Fsp3) is 0.647. The van der Waals surface area contributed by atoms with Crippen LogP contribution in [0.1, 0.15) is 44.2 Å². The number of nitrogens with two attached hydrogens (primary N) is 1. The average Bonchev–Trinajstić information content (AvgIpc) is 2.48. The topological polar surface area (TPSA) is 47.7 Å². The lowest BCUT2D eigenvalue weighted by Gasteiger charge is -2.32. The first kappa shape index (κ1) is 16.1. The zero-order chi connectivity index (χ0) is 15.2. The van der Waals surface area contributed by atoms with Crippen molar-refractivity contribution in [2.75, 3.05) is 27.3 Å². The molecule has 1 aromatic carbocycles. The van der Waals surface area contributed by atoms with Crippen molar-refractivity contribution < 1.29 is 9.47 Å². The average molecular weight is 292 g/mol. The molecule has 1 aliphatic heterocycles. The Morgan fingerprint density at radius 1 is 1.38 bits per heavy atom. The third kappa shape index (κ3) is 4.35. The number of piperidine rings is 1. The molecule has 0 aliphatic carbocycles. The van der Waals surface area contributed by atoms with Crippen molar-refractivity contribution in [1.29, 1.82) is 0 Å². The summed E-state index contributed by atoms with van der Waals surface area (Å²) in [6, 6.07) is 6.46. The van der Waals surface area contributed by atoms with E-state index in [4.69, 9.17) is 15.2 Å². The third-order valence-electron chi connectivity index (χ3n) is 4.34. The standard InChI is InChI=1S/C17H28N2O2/c1-13(18)16-8-7-15(20-3)12-17(16)21-11-9-14-6-4-5-10-19(14)2/h7-8,12-14H,4-6,9-11,18H2,1-3H3/t13-,14?/m0/s1. The first-order chi connectivity index (χ1) is 10.1. The van der Waals surface area contributed by atoms with Crippen LogP contribution >= 0.6 is 0 Å². The van der Waals surface area contributed by atoms with E-state index in [1.807, 2.05) is 25.1 Å². The molecule has 0 radical (unpaired) electrons. The first-order valence-electron chi connectivity index (χ1n) is 7.88. The molecule has 1 aromatic rings. The molecule has 1 aliphatic rings. The van der Waals surface area contributed by atoms with Crippen molar-refractivity contribution in [3.8, 4) is 11.5 Å². The van der Waals surface area contributed by atoms with Gasteiger partial charge in [-0.05, 0) is 45.8 Å². The van der Waals surface area contributed by atoms with Gasteiger partial charge in [0.1, 0.15) is 11.5 Å². The minimum Gasteiger partial charge on any atom is -0.497 e. The quantitative estimate of drug-likeness (QED) is 0.875. The maximum Gasteiger partial charge on any atom is 0.127 e. The van der Waals surface area contributed by atoms with E-state index in [1.165, 1.54) is 25.8 Å². The molecule has 0 spiro atoms. The van der Waals surface area contributed by atoms with Crippen molar-refractivity contribution in [3.63, 3.8) is 0 Å². The summed E-state index contributed by atoms with van der Waals surface area (Å²) in [7, 11) is 3.88. The molecular weight excluding hydrogens is 264 g/mol. The Morgan fingerprint density at radius 2 is 2.19 bits per heavy atom. The van der Waals surface area contributed by atoms with Gasteiger partial charge in [-0.15, -0.1) is 0 Å². The van der Waals surface area contributed by atoms with Crippen molar-refractivity contribution in [1.82, 2.24) is 4.90 Å². The number of ether oxygens (including phenoxy) is 2. The molecular formula is C17H28N2O2. The van der Waals surface area contributed by atoms with E-state index >= 15 is 0 Å². The van der Waals surface area contributed by atoms with Gasteiger partial charge in [0.15, 0.2) is 0 Å². The largest absolute Gasteiger partial charge is 0.497 e. The van der Waals surface area contributed by atoms with E-state index in [2.05, 4.69) is 11.9 Å². The molecule has 21 heavy (non-hydrogen) atoms. The highest BCUT2D eigenvalue weighted by Gasteiger charge is 2.19. The summed E-state index contributed by atoms with van der Waals surface area (Å²) in [4.78, 5) is 2.45. The summed E-state index contributed by atoms with van der Waals surface area (Å²) < 4.78 is 11.3. The van der Waals surface area contributed by atoms with E-state index in [1.54, 1.807) is 7.11 Å². The highest BCUT2D eigenvalue weighted by Crippen LogP contribution is 2.29. The van der Waals surface area contributed by atoms with Crippen LogP contribution in [0.25, 0.3) is 0 Å². The van der Waals surface area contributed by atoms with Crippen LogP contribution in [0.3, 0.4) is 0 Å². The first-order valence-corrected chi connectivity index (χ1v) is 7.88. The molecule has 1 heterocycles. The minimum atomic E-state index is -0.0386. The Morgan fingerprint density at radius 3 is 2.86 bits per heavy atom. The van der Waals surface area contributed by atoms with E-state index < -0.39 is 0 Å². The van der Waals surface area contributed by atoms with Crippen LogP contribution in [-0.2, 0) is 0 Å². The molecule has 118 valence electrons. The molecule has 2 rings (SSSR count). The lowest BCUT2D eigenvalue weighted by molar-refractivity contribution is 0.152. The molecule has 4 heteroatoms. The zero-order valence-electron chi connectivity index (χ0n) is 13.5. The number of likely N-dealkylation sites (tertiary alicyclic amines) is 1. The Bertz CT molecular complexity index is 448. The number of rotatable bonds is 6. The molecule has 4 nitrogen and oxygen atoms in total. The number of hydrogen-bond acceptors (Lipinski definition) is 4. The van der Waals surface area contributed by atoms with Crippen molar-refractivity contribution in [2.45, 2.75) is 44.7 Å². The smallest absolute Gasteiger partial charge is 0.127 e. The number of benzene rings is 1. The number of hydrogen-bond donors (Lipinski definition) is 1.